The van der Waals surface area contributed by atoms with Gasteiger partial charge in [-0.25, -0.2) is 0 Å². The molecule has 0 bridgehead atoms. The first-order valence-electron chi connectivity index (χ1n) is 5.65. The highest BCUT2D eigenvalue weighted by molar-refractivity contribution is 5.09. The molecule has 0 aromatic rings. The fourth-order valence-corrected chi connectivity index (χ4v) is 2.05. The molecule has 1 aliphatic rings. The van der Waals surface area contributed by atoms with Crippen LogP contribution in [0.4, 0.5) is 0 Å². The zero-order valence-corrected chi connectivity index (χ0v) is 9.66. The quantitative estimate of drug-likeness (QED) is 0.704. The smallest absolute Gasteiger partial charge is 0.109 e. The molecule has 0 amide bonds. The van der Waals surface area contributed by atoms with Crippen LogP contribution in [0.25, 0.3) is 0 Å². The lowest BCUT2D eigenvalue weighted by atomic mass is 9.88. The minimum Gasteiger partial charge on any atom is -0.395 e. The molecule has 0 radical (unpaired) electrons. The summed E-state index contributed by atoms with van der Waals surface area (Å²) in [4.78, 5) is 2.39. The zero-order chi connectivity index (χ0) is 11.3. The summed E-state index contributed by atoms with van der Waals surface area (Å²) in [5.74, 6) is 0. The average molecular weight is 211 g/mol. The number of β-amino-alcohol motifs (C(OH)–C–C–N with tert-alkyl or cyclic N) is 1. The molecule has 0 aliphatic carbocycles. The number of hydrogen-bond acceptors (Lipinski definition) is 4. The summed E-state index contributed by atoms with van der Waals surface area (Å²) in [6.45, 7) is 6.89. The number of hydrogen-bond donors (Lipinski definition) is 2. The minimum atomic E-state index is -0.409. The topological polar surface area (TPSA) is 59.3 Å². The molecule has 1 heterocycles. The number of aliphatic hydroxyl groups is 1. The van der Waals surface area contributed by atoms with Crippen molar-refractivity contribution in [1.82, 2.24) is 10.2 Å². The van der Waals surface area contributed by atoms with Gasteiger partial charge in [-0.2, -0.15) is 5.26 Å². The lowest BCUT2D eigenvalue weighted by molar-refractivity contribution is 0.132. The highest BCUT2D eigenvalue weighted by atomic mass is 16.3. The van der Waals surface area contributed by atoms with E-state index in [-0.39, 0.29) is 6.61 Å². The molecule has 1 fully saturated rings. The fourth-order valence-electron chi connectivity index (χ4n) is 2.05. The van der Waals surface area contributed by atoms with Crippen LogP contribution in [0.2, 0.25) is 0 Å². The summed E-state index contributed by atoms with van der Waals surface area (Å²) in [5.41, 5.74) is -0.409. The fraction of sp³-hybridized carbons (Fsp3) is 0.909. The summed E-state index contributed by atoms with van der Waals surface area (Å²) in [6.07, 6.45) is 1.70. The van der Waals surface area contributed by atoms with Crippen molar-refractivity contribution < 1.29 is 5.11 Å². The van der Waals surface area contributed by atoms with Crippen LogP contribution in [-0.4, -0.2) is 47.8 Å². The van der Waals surface area contributed by atoms with Gasteiger partial charge in [0, 0.05) is 25.7 Å². The molecule has 2 N–H and O–H groups in total. The first kappa shape index (κ1) is 12.4. The van der Waals surface area contributed by atoms with Gasteiger partial charge < -0.3 is 10.0 Å². The van der Waals surface area contributed by atoms with Crippen LogP contribution in [0.1, 0.15) is 26.7 Å². The van der Waals surface area contributed by atoms with E-state index in [9.17, 15) is 5.26 Å². The Morgan fingerprint density at radius 1 is 1.47 bits per heavy atom. The van der Waals surface area contributed by atoms with E-state index in [1.54, 1.807) is 0 Å². The van der Waals surface area contributed by atoms with Gasteiger partial charge in [-0.15, -0.1) is 0 Å². The van der Waals surface area contributed by atoms with Crippen molar-refractivity contribution in [2.45, 2.75) is 38.3 Å². The Kier molecular flexibility index (Phi) is 4.52. The molecule has 0 saturated carbocycles. The van der Waals surface area contributed by atoms with E-state index in [2.05, 4.69) is 30.1 Å². The van der Waals surface area contributed by atoms with E-state index in [0.717, 1.165) is 25.9 Å². The van der Waals surface area contributed by atoms with Crippen molar-refractivity contribution in [1.29, 1.82) is 5.26 Å². The Bertz CT molecular complexity index is 226. The van der Waals surface area contributed by atoms with Gasteiger partial charge in [0.2, 0.25) is 0 Å². The Morgan fingerprint density at radius 3 is 2.47 bits per heavy atom. The van der Waals surface area contributed by atoms with E-state index < -0.39 is 5.54 Å². The first-order valence-corrected chi connectivity index (χ1v) is 5.65. The maximum Gasteiger partial charge on any atom is 0.109 e. The summed E-state index contributed by atoms with van der Waals surface area (Å²) < 4.78 is 0. The van der Waals surface area contributed by atoms with Gasteiger partial charge in [0.1, 0.15) is 5.54 Å². The monoisotopic (exact) mass is 211 g/mol. The molecule has 1 rings (SSSR count). The van der Waals surface area contributed by atoms with Crippen molar-refractivity contribution in [3.8, 4) is 6.07 Å². The van der Waals surface area contributed by atoms with Crippen molar-refractivity contribution in [3.63, 3.8) is 0 Å². The third-order valence-electron chi connectivity index (χ3n) is 3.17. The van der Waals surface area contributed by atoms with Gasteiger partial charge in [-0.3, -0.25) is 5.32 Å². The Hall–Kier alpha value is -0.630. The average Bonchev–Trinajstić information content (AvgIpc) is 2.27. The lowest BCUT2D eigenvalue weighted by Gasteiger charge is -2.39. The normalized spacial score (nSPS) is 21.5. The van der Waals surface area contributed by atoms with Gasteiger partial charge in [-0.05, 0) is 26.7 Å². The molecule has 1 saturated heterocycles. The highest BCUT2D eigenvalue weighted by Crippen LogP contribution is 2.22. The number of rotatable bonds is 4. The van der Waals surface area contributed by atoms with Gasteiger partial charge >= 0.3 is 0 Å². The second-order valence-electron chi connectivity index (χ2n) is 4.47. The molecular weight excluding hydrogens is 190 g/mol. The molecule has 4 heteroatoms. The van der Waals surface area contributed by atoms with Gasteiger partial charge in [0.15, 0.2) is 0 Å². The van der Waals surface area contributed by atoms with Crippen molar-refractivity contribution in [2.75, 3.05) is 26.2 Å². The third-order valence-corrected chi connectivity index (χ3v) is 3.17. The maximum absolute atomic E-state index is 9.18. The first-order chi connectivity index (χ1) is 7.13. The van der Waals surface area contributed by atoms with Gasteiger partial charge in [-0.1, -0.05) is 0 Å². The molecule has 4 nitrogen and oxygen atoms in total. The van der Waals surface area contributed by atoms with E-state index >= 15 is 0 Å². The van der Waals surface area contributed by atoms with Crippen LogP contribution in [0, 0.1) is 11.3 Å². The second kappa shape index (κ2) is 5.45. The maximum atomic E-state index is 9.18. The highest BCUT2D eigenvalue weighted by Gasteiger charge is 2.34. The molecule has 86 valence electrons. The number of nitrogens with one attached hydrogen (secondary N) is 1. The van der Waals surface area contributed by atoms with Crippen LogP contribution >= 0.6 is 0 Å². The number of piperidine rings is 1. The number of nitriles is 1. The Morgan fingerprint density at radius 2 is 2.07 bits per heavy atom. The molecule has 0 spiro atoms. The van der Waals surface area contributed by atoms with Crippen molar-refractivity contribution in [3.05, 3.63) is 0 Å². The Balaban J connectivity index is 2.48. The zero-order valence-electron chi connectivity index (χ0n) is 9.66. The summed E-state index contributed by atoms with van der Waals surface area (Å²) in [5, 5.41) is 21.1. The third kappa shape index (κ3) is 3.16. The second-order valence-corrected chi connectivity index (χ2v) is 4.47. The number of nitrogens with zero attached hydrogens (tertiary/aromatic N) is 2. The van der Waals surface area contributed by atoms with E-state index in [4.69, 9.17) is 5.11 Å². The Labute approximate surface area is 91.9 Å². The molecule has 0 aromatic carbocycles. The predicted octanol–water partition coefficient (Wildman–Crippen LogP) is 0.335. The molecule has 0 atom stereocenters. The summed E-state index contributed by atoms with van der Waals surface area (Å²) in [7, 11) is 0. The van der Waals surface area contributed by atoms with Crippen molar-refractivity contribution >= 4 is 0 Å². The van der Waals surface area contributed by atoms with Crippen LogP contribution < -0.4 is 5.32 Å². The van der Waals surface area contributed by atoms with Gasteiger partial charge in [0.25, 0.3) is 0 Å². The van der Waals surface area contributed by atoms with Crippen LogP contribution in [0.3, 0.4) is 0 Å². The summed E-state index contributed by atoms with van der Waals surface area (Å²) >= 11 is 0. The molecule has 1 aliphatic heterocycles. The molecule has 15 heavy (non-hydrogen) atoms. The van der Waals surface area contributed by atoms with Crippen LogP contribution in [0.5, 0.6) is 0 Å². The predicted molar refractivity (Wildman–Crippen MR) is 59.4 cm³/mol. The van der Waals surface area contributed by atoms with Crippen molar-refractivity contribution in [2.24, 2.45) is 0 Å². The van der Waals surface area contributed by atoms with E-state index in [1.165, 1.54) is 0 Å². The number of likely N-dealkylation sites (tertiary alicyclic amines) is 1. The van der Waals surface area contributed by atoms with Crippen LogP contribution in [0.15, 0.2) is 0 Å². The molecule has 0 aromatic heterocycles. The lowest BCUT2D eigenvalue weighted by Crippen LogP contribution is -2.54. The molecule has 0 unspecified atom stereocenters. The summed E-state index contributed by atoms with van der Waals surface area (Å²) in [6, 6.07) is 2.92. The SMILES string of the molecule is CC(C)N1CCC(C#N)(NCCO)CC1. The van der Waals surface area contributed by atoms with Crippen LogP contribution in [-0.2, 0) is 0 Å². The standard InChI is InChI=1S/C11H21N3O/c1-10(2)14-6-3-11(9-12,4-7-14)13-5-8-15/h10,13,15H,3-8H2,1-2H3. The minimum absolute atomic E-state index is 0.0946. The van der Waals surface area contributed by atoms with E-state index in [1.807, 2.05) is 0 Å². The number of aliphatic hydroxyl groups excluding tert-OH is 1. The van der Waals surface area contributed by atoms with E-state index in [0.29, 0.717) is 12.6 Å². The molecular formula is C11H21N3O. The van der Waals surface area contributed by atoms with Gasteiger partial charge in [0.05, 0.1) is 12.7 Å². The largest absolute Gasteiger partial charge is 0.395 e.